The fraction of sp³-hybridized carbons (Fsp3) is 0.250. The highest BCUT2D eigenvalue weighted by Crippen LogP contribution is 2.38. The maximum Gasteiger partial charge on any atom is 0.491 e. The third kappa shape index (κ3) is 7.75. The number of nitrogens with one attached hydrogen (secondary N) is 3. The standard InChI is InChI=1S/C32H32F3N5O6/c1-4-44-27-16-22(8-11-26(27)45-19(2)3)31(46-30(43)32(33,34)35,29(42)38-17-20-6-5-7-23(14-20)39-18-41)40-24-9-10-25-21(15-24)12-13-37-28(25)36/h5-16,18-19,40H,4,17H2,1-3H3,(H2,36,37)(H,38,42)(H,39,41). The molecule has 0 aliphatic carbocycles. The van der Waals surface area contributed by atoms with Gasteiger partial charge in [0, 0.05) is 35.1 Å². The van der Waals surface area contributed by atoms with Gasteiger partial charge in [-0.05, 0) is 86.3 Å². The van der Waals surface area contributed by atoms with E-state index in [0.717, 1.165) is 0 Å². The first-order valence-corrected chi connectivity index (χ1v) is 14.1. The second kappa shape index (κ2) is 14.1. The van der Waals surface area contributed by atoms with Crippen molar-refractivity contribution < 1.29 is 41.8 Å². The number of carbonyl (C=O) groups is 3. The molecule has 0 spiro atoms. The largest absolute Gasteiger partial charge is 0.491 e. The number of fused-ring (bicyclic) bond motifs is 1. The number of aromatic nitrogens is 1. The predicted octanol–water partition coefficient (Wildman–Crippen LogP) is 5.26. The molecule has 0 saturated heterocycles. The summed E-state index contributed by atoms with van der Waals surface area (Å²) >= 11 is 0. The second-order valence-electron chi connectivity index (χ2n) is 10.2. The molecule has 2 amide bonds. The van der Waals surface area contributed by atoms with E-state index in [1.54, 1.807) is 57.2 Å². The number of anilines is 3. The molecule has 1 unspecified atom stereocenters. The lowest BCUT2D eigenvalue weighted by molar-refractivity contribution is -0.213. The van der Waals surface area contributed by atoms with Gasteiger partial charge in [0.05, 0.1) is 12.7 Å². The molecule has 1 atom stereocenters. The van der Waals surface area contributed by atoms with Crippen molar-refractivity contribution in [2.45, 2.75) is 45.3 Å². The van der Waals surface area contributed by atoms with Crippen LogP contribution in [0, 0.1) is 0 Å². The molecule has 242 valence electrons. The van der Waals surface area contributed by atoms with Gasteiger partial charge in [-0.2, -0.15) is 13.2 Å². The van der Waals surface area contributed by atoms with Crippen molar-refractivity contribution in [1.29, 1.82) is 0 Å². The van der Waals surface area contributed by atoms with Crippen molar-refractivity contribution in [3.63, 3.8) is 0 Å². The smallest absolute Gasteiger partial charge is 0.490 e. The van der Waals surface area contributed by atoms with Gasteiger partial charge in [0.25, 0.3) is 11.6 Å². The number of hydrogen-bond donors (Lipinski definition) is 4. The molecule has 0 saturated carbocycles. The van der Waals surface area contributed by atoms with Crippen molar-refractivity contribution in [1.82, 2.24) is 10.3 Å². The highest BCUT2D eigenvalue weighted by molar-refractivity contribution is 5.96. The van der Waals surface area contributed by atoms with Gasteiger partial charge in [0.1, 0.15) is 5.82 Å². The first kappa shape index (κ1) is 33.4. The minimum absolute atomic E-state index is 0.0979. The van der Waals surface area contributed by atoms with Gasteiger partial charge < -0.3 is 35.9 Å². The van der Waals surface area contributed by atoms with E-state index in [4.69, 9.17) is 19.9 Å². The highest BCUT2D eigenvalue weighted by atomic mass is 19.4. The van der Waals surface area contributed by atoms with Gasteiger partial charge in [-0.15, -0.1) is 0 Å². The number of alkyl halides is 3. The molecule has 0 fully saturated rings. The van der Waals surface area contributed by atoms with Crippen LogP contribution in [0.5, 0.6) is 11.5 Å². The van der Waals surface area contributed by atoms with Crippen LogP contribution in [0.4, 0.5) is 30.4 Å². The molecule has 3 aromatic carbocycles. The molecule has 11 nitrogen and oxygen atoms in total. The van der Waals surface area contributed by atoms with Gasteiger partial charge >= 0.3 is 12.1 Å². The number of nitrogen functional groups attached to an aromatic ring is 1. The summed E-state index contributed by atoms with van der Waals surface area (Å²) in [5.41, 5.74) is 3.99. The number of pyridine rings is 1. The zero-order valence-corrected chi connectivity index (χ0v) is 25.1. The molecule has 0 radical (unpaired) electrons. The van der Waals surface area contributed by atoms with E-state index < -0.39 is 23.8 Å². The number of amides is 2. The lowest BCUT2D eigenvalue weighted by Crippen LogP contribution is -2.54. The van der Waals surface area contributed by atoms with Gasteiger partial charge in [-0.3, -0.25) is 9.59 Å². The SMILES string of the molecule is CCOc1cc(C(Nc2ccc3c(N)nccc3c2)(OC(=O)C(F)(F)F)C(=O)NCc2cccc(NC=O)c2)ccc1OC(C)C. The number of rotatable bonds is 13. The molecular formula is C32H32F3N5O6. The number of esters is 1. The average Bonchev–Trinajstić information content (AvgIpc) is 3.00. The zero-order chi connectivity index (χ0) is 33.5. The summed E-state index contributed by atoms with van der Waals surface area (Å²) in [5, 5.41) is 8.89. The Morgan fingerprint density at radius 2 is 1.78 bits per heavy atom. The van der Waals surface area contributed by atoms with Crippen LogP contribution in [-0.2, 0) is 31.4 Å². The molecule has 4 rings (SSSR count). The summed E-state index contributed by atoms with van der Waals surface area (Å²) in [4.78, 5) is 41.6. The lowest BCUT2D eigenvalue weighted by Gasteiger charge is -2.34. The van der Waals surface area contributed by atoms with E-state index in [1.165, 1.54) is 36.5 Å². The Kier molecular flexibility index (Phi) is 10.2. The molecule has 0 aliphatic rings. The molecule has 0 bridgehead atoms. The summed E-state index contributed by atoms with van der Waals surface area (Å²) in [5.74, 6) is -3.20. The third-order valence-electron chi connectivity index (χ3n) is 6.53. The first-order chi connectivity index (χ1) is 21.9. The topological polar surface area (TPSA) is 154 Å². The molecule has 4 aromatic rings. The lowest BCUT2D eigenvalue weighted by atomic mass is 9.99. The molecule has 14 heteroatoms. The number of carbonyl (C=O) groups excluding carboxylic acids is 3. The van der Waals surface area contributed by atoms with Gasteiger partial charge in [-0.1, -0.05) is 12.1 Å². The highest BCUT2D eigenvalue weighted by Gasteiger charge is 2.52. The van der Waals surface area contributed by atoms with Crippen LogP contribution in [-0.4, -0.2) is 42.2 Å². The molecule has 46 heavy (non-hydrogen) atoms. The molecular weight excluding hydrogens is 607 g/mol. The number of nitrogens with two attached hydrogens (primary N) is 1. The summed E-state index contributed by atoms with van der Waals surface area (Å²) in [6.45, 7) is 5.17. The van der Waals surface area contributed by atoms with E-state index in [2.05, 4.69) is 20.9 Å². The number of halogens is 3. The van der Waals surface area contributed by atoms with Crippen LogP contribution < -0.4 is 31.2 Å². The number of nitrogens with zero attached hydrogens (tertiary/aromatic N) is 1. The number of ether oxygens (including phenoxy) is 3. The second-order valence-corrected chi connectivity index (χ2v) is 10.2. The minimum Gasteiger partial charge on any atom is -0.490 e. The summed E-state index contributed by atoms with van der Waals surface area (Å²) in [6, 6.07) is 16.5. The Morgan fingerprint density at radius 3 is 2.48 bits per heavy atom. The van der Waals surface area contributed by atoms with Gasteiger partial charge in [0.2, 0.25) is 6.41 Å². The van der Waals surface area contributed by atoms with E-state index in [1.807, 2.05) is 0 Å². The number of hydrogen-bond acceptors (Lipinski definition) is 9. The molecule has 5 N–H and O–H groups in total. The predicted molar refractivity (Wildman–Crippen MR) is 165 cm³/mol. The quantitative estimate of drug-likeness (QED) is 0.0872. The Hall–Kier alpha value is -5.53. The van der Waals surface area contributed by atoms with Crippen LogP contribution in [0.3, 0.4) is 0 Å². The zero-order valence-electron chi connectivity index (χ0n) is 25.1. The third-order valence-corrected chi connectivity index (χ3v) is 6.53. The maximum absolute atomic E-state index is 14.2. The van der Waals surface area contributed by atoms with Crippen LogP contribution in [0.15, 0.2) is 72.9 Å². The Balaban J connectivity index is 1.89. The van der Waals surface area contributed by atoms with Crippen LogP contribution in [0.1, 0.15) is 31.9 Å². The molecule has 0 aliphatic heterocycles. The van der Waals surface area contributed by atoms with Crippen molar-refractivity contribution >= 4 is 46.3 Å². The first-order valence-electron chi connectivity index (χ1n) is 14.1. The average molecular weight is 640 g/mol. The van der Waals surface area contributed by atoms with Crippen LogP contribution in [0.25, 0.3) is 10.8 Å². The van der Waals surface area contributed by atoms with Crippen LogP contribution in [0.2, 0.25) is 0 Å². The fourth-order valence-electron chi connectivity index (χ4n) is 4.56. The summed E-state index contributed by atoms with van der Waals surface area (Å²) in [7, 11) is 0. The molecule has 1 aromatic heterocycles. The van der Waals surface area contributed by atoms with Crippen LogP contribution >= 0.6 is 0 Å². The van der Waals surface area contributed by atoms with Gasteiger partial charge in [0.15, 0.2) is 11.5 Å². The monoisotopic (exact) mass is 639 g/mol. The van der Waals surface area contributed by atoms with Gasteiger partial charge in [-0.25, -0.2) is 9.78 Å². The van der Waals surface area contributed by atoms with E-state index >= 15 is 0 Å². The van der Waals surface area contributed by atoms with Crippen molar-refractivity contribution in [3.05, 3.63) is 84.1 Å². The van der Waals surface area contributed by atoms with E-state index in [0.29, 0.717) is 28.4 Å². The Morgan fingerprint density at radius 1 is 1.00 bits per heavy atom. The van der Waals surface area contributed by atoms with Crippen molar-refractivity contribution in [2.75, 3.05) is 23.0 Å². The van der Waals surface area contributed by atoms with Crippen molar-refractivity contribution in [2.24, 2.45) is 0 Å². The molecule has 1 heterocycles. The van der Waals surface area contributed by atoms with E-state index in [9.17, 15) is 27.6 Å². The number of benzene rings is 3. The normalized spacial score (nSPS) is 12.6. The van der Waals surface area contributed by atoms with Crippen molar-refractivity contribution in [3.8, 4) is 11.5 Å². The minimum atomic E-state index is -5.46. The Bertz CT molecular complexity index is 1730. The summed E-state index contributed by atoms with van der Waals surface area (Å²) < 4.78 is 58.0. The summed E-state index contributed by atoms with van der Waals surface area (Å²) in [6.07, 6.45) is -3.84. The van der Waals surface area contributed by atoms with E-state index in [-0.39, 0.29) is 47.8 Å². The maximum atomic E-state index is 14.2. The Labute approximate surface area is 262 Å². The fourth-order valence-corrected chi connectivity index (χ4v) is 4.56.